The molecular formula is C20H28N4O3. The first-order chi connectivity index (χ1) is 13.1. The fourth-order valence-electron chi connectivity index (χ4n) is 3.32. The molecule has 0 unspecified atom stereocenters. The summed E-state index contributed by atoms with van der Waals surface area (Å²) in [6, 6.07) is 7.69. The summed E-state index contributed by atoms with van der Waals surface area (Å²) in [5, 5.41) is 7.20. The molecule has 1 N–H and O–H groups in total. The van der Waals surface area contributed by atoms with E-state index in [0.29, 0.717) is 18.3 Å². The third-order valence-electron chi connectivity index (χ3n) is 4.94. The molecule has 27 heavy (non-hydrogen) atoms. The molecule has 7 heteroatoms. The summed E-state index contributed by atoms with van der Waals surface area (Å²) in [7, 11) is 1.63. The fraction of sp³-hybridized carbons (Fsp3) is 0.550. The number of rotatable bonds is 6. The summed E-state index contributed by atoms with van der Waals surface area (Å²) < 4.78 is 10.5. The van der Waals surface area contributed by atoms with Crippen molar-refractivity contribution in [1.29, 1.82) is 0 Å². The van der Waals surface area contributed by atoms with Crippen molar-refractivity contribution in [3.05, 3.63) is 30.2 Å². The van der Waals surface area contributed by atoms with E-state index < -0.39 is 0 Å². The van der Waals surface area contributed by atoms with Crippen molar-refractivity contribution in [2.45, 2.75) is 64.6 Å². The van der Waals surface area contributed by atoms with E-state index in [2.05, 4.69) is 15.5 Å². The lowest BCUT2D eigenvalue weighted by molar-refractivity contribution is 0.163. The van der Waals surface area contributed by atoms with Crippen molar-refractivity contribution in [3.63, 3.8) is 0 Å². The molecule has 0 bridgehead atoms. The van der Waals surface area contributed by atoms with Crippen LogP contribution in [0.1, 0.15) is 51.8 Å². The number of carbonyl (C=O) groups excluding carboxylic acids is 1. The standard InChI is InChI=1S/C20H28N4O3/c1-14(2)24(20(25)21-16-7-5-4-6-8-16)13-18-22-19(23-27-18)15-9-11-17(26-3)12-10-15/h9-12,14,16H,4-8,13H2,1-3H3,(H,21,25). The first kappa shape index (κ1) is 19.2. The third-order valence-corrected chi connectivity index (χ3v) is 4.94. The fourth-order valence-corrected chi connectivity index (χ4v) is 3.32. The Morgan fingerprint density at radius 3 is 2.59 bits per heavy atom. The zero-order valence-corrected chi connectivity index (χ0v) is 16.3. The number of nitrogens with one attached hydrogen (secondary N) is 1. The molecule has 0 radical (unpaired) electrons. The van der Waals surface area contributed by atoms with Crippen molar-refractivity contribution in [3.8, 4) is 17.1 Å². The first-order valence-corrected chi connectivity index (χ1v) is 9.61. The number of ether oxygens (including phenoxy) is 1. The third kappa shape index (κ3) is 4.99. The van der Waals surface area contributed by atoms with Gasteiger partial charge < -0.3 is 19.5 Å². The highest BCUT2D eigenvalue weighted by molar-refractivity contribution is 5.74. The predicted molar refractivity (Wildman–Crippen MR) is 102 cm³/mol. The smallest absolute Gasteiger partial charge is 0.318 e. The monoisotopic (exact) mass is 372 g/mol. The van der Waals surface area contributed by atoms with Crippen LogP contribution in [0.2, 0.25) is 0 Å². The van der Waals surface area contributed by atoms with Gasteiger partial charge in [-0.1, -0.05) is 24.4 Å². The molecule has 1 aliphatic carbocycles. The number of hydrogen-bond donors (Lipinski definition) is 1. The zero-order valence-electron chi connectivity index (χ0n) is 16.3. The molecule has 2 aromatic rings. The van der Waals surface area contributed by atoms with E-state index in [9.17, 15) is 4.79 Å². The van der Waals surface area contributed by atoms with Crippen LogP contribution in [-0.4, -0.2) is 40.3 Å². The average molecular weight is 372 g/mol. The van der Waals surface area contributed by atoms with Crippen LogP contribution >= 0.6 is 0 Å². The summed E-state index contributed by atoms with van der Waals surface area (Å²) >= 11 is 0. The Balaban J connectivity index is 1.65. The van der Waals surface area contributed by atoms with Gasteiger partial charge in [0.15, 0.2) is 0 Å². The van der Waals surface area contributed by atoms with Crippen LogP contribution in [0.25, 0.3) is 11.4 Å². The Kier molecular flexibility index (Phi) is 6.32. The molecule has 1 aromatic heterocycles. The molecule has 2 amide bonds. The maximum Gasteiger partial charge on any atom is 0.318 e. The topological polar surface area (TPSA) is 80.5 Å². The second kappa shape index (κ2) is 8.88. The maximum atomic E-state index is 12.7. The lowest BCUT2D eigenvalue weighted by Gasteiger charge is -2.29. The molecule has 1 saturated carbocycles. The summed E-state index contributed by atoms with van der Waals surface area (Å²) in [6.07, 6.45) is 5.74. The van der Waals surface area contributed by atoms with Crippen molar-refractivity contribution in [2.75, 3.05) is 7.11 Å². The maximum absolute atomic E-state index is 12.7. The van der Waals surface area contributed by atoms with Crippen molar-refractivity contribution in [1.82, 2.24) is 20.4 Å². The van der Waals surface area contributed by atoms with E-state index in [4.69, 9.17) is 9.26 Å². The predicted octanol–water partition coefficient (Wildman–Crippen LogP) is 4.00. The van der Waals surface area contributed by atoms with E-state index in [-0.39, 0.29) is 18.1 Å². The van der Waals surface area contributed by atoms with E-state index in [1.807, 2.05) is 38.1 Å². The number of carbonyl (C=O) groups is 1. The average Bonchev–Trinajstić information content (AvgIpc) is 3.15. The van der Waals surface area contributed by atoms with Crippen molar-refractivity contribution >= 4 is 6.03 Å². The van der Waals surface area contributed by atoms with Crippen molar-refractivity contribution in [2.24, 2.45) is 0 Å². The van der Waals surface area contributed by atoms with Crippen LogP contribution in [0.5, 0.6) is 5.75 Å². The summed E-state index contributed by atoms with van der Waals surface area (Å²) in [5.74, 6) is 1.70. The van der Waals surface area contributed by atoms with Gasteiger partial charge in [0, 0.05) is 17.6 Å². The van der Waals surface area contributed by atoms with Crippen LogP contribution in [-0.2, 0) is 6.54 Å². The molecule has 0 atom stereocenters. The van der Waals surface area contributed by atoms with Gasteiger partial charge in [-0.2, -0.15) is 4.98 Å². The molecule has 0 aliphatic heterocycles. The van der Waals surface area contributed by atoms with Crippen LogP contribution < -0.4 is 10.1 Å². The minimum atomic E-state index is -0.0684. The molecule has 1 fully saturated rings. The summed E-state index contributed by atoms with van der Waals surface area (Å²) in [5.41, 5.74) is 0.841. The highest BCUT2D eigenvalue weighted by atomic mass is 16.5. The van der Waals surface area contributed by atoms with E-state index in [1.54, 1.807) is 12.0 Å². The Hall–Kier alpha value is -2.57. The van der Waals surface area contributed by atoms with Gasteiger partial charge in [0.25, 0.3) is 0 Å². The molecular weight excluding hydrogens is 344 g/mol. The molecule has 0 spiro atoms. The van der Waals surface area contributed by atoms with Crippen LogP contribution in [0.4, 0.5) is 4.79 Å². The highest BCUT2D eigenvalue weighted by Gasteiger charge is 2.24. The Morgan fingerprint density at radius 2 is 1.96 bits per heavy atom. The highest BCUT2D eigenvalue weighted by Crippen LogP contribution is 2.21. The van der Waals surface area contributed by atoms with Gasteiger partial charge in [0.1, 0.15) is 12.3 Å². The summed E-state index contributed by atoms with van der Waals surface area (Å²) in [6.45, 7) is 4.27. The van der Waals surface area contributed by atoms with E-state index in [0.717, 1.165) is 24.2 Å². The lowest BCUT2D eigenvalue weighted by Crippen LogP contribution is -2.47. The van der Waals surface area contributed by atoms with Gasteiger partial charge in [0.2, 0.25) is 11.7 Å². The molecule has 146 valence electrons. The zero-order chi connectivity index (χ0) is 19.2. The SMILES string of the molecule is COc1ccc(-c2noc(CN(C(=O)NC3CCCCC3)C(C)C)n2)cc1. The van der Waals surface area contributed by atoms with Gasteiger partial charge in [-0.25, -0.2) is 4.79 Å². The summed E-state index contributed by atoms with van der Waals surface area (Å²) in [4.78, 5) is 18.9. The lowest BCUT2D eigenvalue weighted by atomic mass is 9.96. The quantitative estimate of drug-likeness (QED) is 0.829. The number of methoxy groups -OCH3 is 1. The minimum Gasteiger partial charge on any atom is -0.497 e. The number of benzene rings is 1. The van der Waals surface area contributed by atoms with Crippen molar-refractivity contribution < 1.29 is 14.1 Å². The molecule has 1 heterocycles. The molecule has 1 aliphatic rings. The molecule has 0 saturated heterocycles. The van der Waals surface area contributed by atoms with E-state index >= 15 is 0 Å². The first-order valence-electron chi connectivity index (χ1n) is 9.61. The van der Waals surface area contributed by atoms with Crippen LogP contribution in [0, 0.1) is 0 Å². The number of hydrogen-bond acceptors (Lipinski definition) is 5. The number of urea groups is 1. The van der Waals surface area contributed by atoms with Gasteiger partial charge in [0.05, 0.1) is 7.11 Å². The minimum absolute atomic E-state index is 0.0323. The van der Waals surface area contributed by atoms with E-state index in [1.165, 1.54) is 19.3 Å². The van der Waals surface area contributed by atoms with Gasteiger partial charge >= 0.3 is 6.03 Å². The number of aromatic nitrogens is 2. The molecule has 1 aromatic carbocycles. The van der Waals surface area contributed by atoms with Crippen LogP contribution in [0.15, 0.2) is 28.8 Å². The number of amides is 2. The van der Waals surface area contributed by atoms with Gasteiger partial charge in [-0.15, -0.1) is 0 Å². The number of nitrogens with zero attached hydrogens (tertiary/aromatic N) is 3. The Labute approximate surface area is 160 Å². The van der Waals surface area contributed by atoms with Gasteiger partial charge in [-0.05, 0) is 51.0 Å². The second-order valence-corrected chi connectivity index (χ2v) is 7.25. The normalized spacial score (nSPS) is 15.0. The Bertz CT molecular complexity index is 736. The molecule has 7 nitrogen and oxygen atoms in total. The second-order valence-electron chi connectivity index (χ2n) is 7.25. The van der Waals surface area contributed by atoms with Gasteiger partial charge in [-0.3, -0.25) is 0 Å². The molecule has 3 rings (SSSR count). The largest absolute Gasteiger partial charge is 0.497 e. The Morgan fingerprint density at radius 1 is 1.26 bits per heavy atom. The van der Waals surface area contributed by atoms with Crippen LogP contribution in [0.3, 0.4) is 0 Å².